The summed E-state index contributed by atoms with van der Waals surface area (Å²) in [7, 11) is 1.42. The molecule has 0 saturated carbocycles. The van der Waals surface area contributed by atoms with E-state index in [0.29, 0.717) is 5.56 Å². The smallest absolute Gasteiger partial charge is 0.251 e. The quantitative estimate of drug-likeness (QED) is 0.698. The largest absolute Gasteiger partial charge is 0.368 e. The van der Waals surface area contributed by atoms with Crippen molar-refractivity contribution in [1.82, 2.24) is 10.2 Å². The molecule has 6 nitrogen and oxygen atoms in total. The molecule has 2 aromatic carbocycles. The van der Waals surface area contributed by atoms with Gasteiger partial charge in [0.25, 0.3) is 5.91 Å². The van der Waals surface area contributed by atoms with E-state index in [0.717, 1.165) is 15.4 Å². The SMILES string of the molecule is CN(C(=O)CCNC(=O)c1ccc(Br)cc1)C(C(N)=O)c1cccc(F)c1. The standard InChI is InChI=1S/C19H19BrFN3O3/c1-24(17(18(22)26)13-3-2-4-15(21)11-13)16(25)9-10-23-19(27)12-5-7-14(20)8-6-12/h2-8,11,17H,9-10H2,1H3,(H2,22,26)(H,23,27). The van der Waals surface area contributed by atoms with Crippen LogP contribution in [0.3, 0.4) is 0 Å². The average Bonchev–Trinajstić information content (AvgIpc) is 2.62. The zero-order valence-electron chi connectivity index (χ0n) is 14.6. The molecule has 3 amide bonds. The zero-order valence-corrected chi connectivity index (χ0v) is 16.2. The number of primary amides is 1. The fourth-order valence-corrected chi connectivity index (χ4v) is 2.83. The van der Waals surface area contributed by atoms with Crippen LogP contribution in [0.15, 0.2) is 53.0 Å². The van der Waals surface area contributed by atoms with E-state index >= 15 is 0 Å². The van der Waals surface area contributed by atoms with Gasteiger partial charge in [0.1, 0.15) is 11.9 Å². The van der Waals surface area contributed by atoms with E-state index < -0.39 is 23.7 Å². The van der Waals surface area contributed by atoms with Gasteiger partial charge in [0.2, 0.25) is 11.8 Å². The van der Waals surface area contributed by atoms with Crippen LogP contribution in [0.4, 0.5) is 4.39 Å². The van der Waals surface area contributed by atoms with Crippen molar-refractivity contribution in [3.63, 3.8) is 0 Å². The molecule has 0 aliphatic heterocycles. The molecule has 8 heteroatoms. The first-order valence-corrected chi connectivity index (χ1v) is 8.93. The van der Waals surface area contributed by atoms with E-state index in [1.54, 1.807) is 24.3 Å². The van der Waals surface area contributed by atoms with Crippen molar-refractivity contribution in [2.45, 2.75) is 12.5 Å². The van der Waals surface area contributed by atoms with Crippen molar-refractivity contribution < 1.29 is 18.8 Å². The Bertz CT molecular complexity index is 842. The predicted molar refractivity (Wildman–Crippen MR) is 102 cm³/mol. The van der Waals surface area contributed by atoms with Gasteiger partial charge in [-0.3, -0.25) is 14.4 Å². The predicted octanol–water partition coefficient (Wildman–Crippen LogP) is 2.39. The summed E-state index contributed by atoms with van der Waals surface area (Å²) in [5.74, 6) is -2.01. The molecule has 3 N–H and O–H groups in total. The highest BCUT2D eigenvalue weighted by atomic mass is 79.9. The van der Waals surface area contributed by atoms with Crippen molar-refractivity contribution in [2.75, 3.05) is 13.6 Å². The van der Waals surface area contributed by atoms with E-state index in [-0.39, 0.29) is 24.4 Å². The first kappa shape index (κ1) is 20.6. The Labute approximate surface area is 164 Å². The number of rotatable bonds is 7. The number of carbonyl (C=O) groups excluding carboxylic acids is 3. The molecule has 2 aromatic rings. The molecule has 0 aliphatic rings. The zero-order chi connectivity index (χ0) is 20.0. The number of nitrogens with two attached hydrogens (primary N) is 1. The minimum absolute atomic E-state index is 0.0299. The van der Waals surface area contributed by atoms with E-state index in [9.17, 15) is 18.8 Å². The van der Waals surface area contributed by atoms with Crippen LogP contribution in [0, 0.1) is 5.82 Å². The number of halogens is 2. The van der Waals surface area contributed by atoms with Crippen LogP contribution in [0.5, 0.6) is 0 Å². The minimum Gasteiger partial charge on any atom is -0.368 e. The Morgan fingerprint density at radius 1 is 1.19 bits per heavy atom. The van der Waals surface area contributed by atoms with Crippen molar-refractivity contribution in [1.29, 1.82) is 0 Å². The van der Waals surface area contributed by atoms with Gasteiger partial charge in [0, 0.05) is 30.0 Å². The molecule has 0 radical (unpaired) electrons. The van der Waals surface area contributed by atoms with Crippen LogP contribution in [-0.4, -0.2) is 36.2 Å². The number of nitrogens with one attached hydrogen (secondary N) is 1. The van der Waals surface area contributed by atoms with Gasteiger partial charge in [-0.05, 0) is 42.0 Å². The van der Waals surface area contributed by atoms with Crippen molar-refractivity contribution in [2.24, 2.45) is 5.73 Å². The second-order valence-electron chi connectivity index (χ2n) is 5.88. The lowest BCUT2D eigenvalue weighted by Crippen LogP contribution is -2.40. The summed E-state index contributed by atoms with van der Waals surface area (Å²) in [5.41, 5.74) is 6.15. The molecule has 2 rings (SSSR count). The van der Waals surface area contributed by atoms with E-state index in [4.69, 9.17) is 5.73 Å². The molecule has 0 saturated heterocycles. The second-order valence-corrected chi connectivity index (χ2v) is 6.79. The molecule has 0 aliphatic carbocycles. The number of carbonyl (C=O) groups is 3. The molecule has 0 aromatic heterocycles. The van der Waals surface area contributed by atoms with Crippen LogP contribution in [0.2, 0.25) is 0 Å². The third kappa shape index (κ3) is 5.62. The summed E-state index contributed by atoms with van der Waals surface area (Å²) in [6, 6.07) is 11.1. The summed E-state index contributed by atoms with van der Waals surface area (Å²) >= 11 is 3.29. The molecule has 27 heavy (non-hydrogen) atoms. The van der Waals surface area contributed by atoms with E-state index in [1.165, 1.54) is 25.2 Å². The van der Waals surface area contributed by atoms with Crippen LogP contribution in [0.25, 0.3) is 0 Å². The summed E-state index contributed by atoms with van der Waals surface area (Å²) < 4.78 is 14.3. The molecule has 1 unspecified atom stereocenters. The lowest BCUT2D eigenvalue weighted by molar-refractivity contribution is -0.137. The van der Waals surface area contributed by atoms with Crippen LogP contribution in [0.1, 0.15) is 28.4 Å². The highest BCUT2D eigenvalue weighted by molar-refractivity contribution is 9.10. The maximum atomic E-state index is 13.4. The monoisotopic (exact) mass is 435 g/mol. The van der Waals surface area contributed by atoms with Gasteiger partial charge in [-0.1, -0.05) is 28.1 Å². The van der Waals surface area contributed by atoms with Crippen LogP contribution < -0.4 is 11.1 Å². The van der Waals surface area contributed by atoms with Gasteiger partial charge < -0.3 is 16.0 Å². The van der Waals surface area contributed by atoms with Gasteiger partial charge >= 0.3 is 0 Å². The number of hydrogen-bond acceptors (Lipinski definition) is 3. The van der Waals surface area contributed by atoms with Crippen molar-refractivity contribution >= 4 is 33.7 Å². The van der Waals surface area contributed by atoms with E-state index in [2.05, 4.69) is 21.2 Å². The fraction of sp³-hybridized carbons (Fsp3) is 0.211. The highest BCUT2D eigenvalue weighted by Gasteiger charge is 2.26. The van der Waals surface area contributed by atoms with Crippen molar-refractivity contribution in [3.05, 3.63) is 69.9 Å². The number of hydrogen-bond donors (Lipinski definition) is 2. The summed E-state index contributed by atoms with van der Waals surface area (Å²) in [5, 5.41) is 2.64. The van der Waals surface area contributed by atoms with Crippen molar-refractivity contribution in [3.8, 4) is 0 Å². The topological polar surface area (TPSA) is 92.5 Å². The number of likely N-dealkylation sites (N-methyl/N-ethyl adjacent to an activating group) is 1. The van der Waals surface area contributed by atoms with Crippen LogP contribution in [-0.2, 0) is 9.59 Å². The van der Waals surface area contributed by atoms with Crippen LogP contribution >= 0.6 is 15.9 Å². The molecule has 142 valence electrons. The van der Waals surface area contributed by atoms with E-state index in [1.807, 2.05) is 0 Å². The Balaban J connectivity index is 1.96. The third-order valence-electron chi connectivity index (χ3n) is 3.95. The Kier molecular flexibility index (Phi) is 7.06. The maximum Gasteiger partial charge on any atom is 0.251 e. The molecule has 0 bridgehead atoms. The molecule has 0 heterocycles. The normalized spacial score (nSPS) is 11.5. The van der Waals surface area contributed by atoms with Gasteiger partial charge in [0.15, 0.2) is 0 Å². The molecule has 0 spiro atoms. The van der Waals surface area contributed by atoms with Gasteiger partial charge in [0.05, 0.1) is 0 Å². The first-order chi connectivity index (χ1) is 12.8. The molecule has 1 atom stereocenters. The molecular weight excluding hydrogens is 417 g/mol. The lowest BCUT2D eigenvalue weighted by Gasteiger charge is -2.26. The van der Waals surface area contributed by atoms with Gasteiger partial charge in [-0.15, -0.1) is 0 Å². The van der Waals surface area contributed by atoms with Gasteiger partial charge in [-0.2, -0.15) is 0 Å². The number of nitrogens with zero attached hydrogens (tertiary/aromatic N) is 1. The fourth-order valence-electron chi connectivity index (χ4n) is 2.56. The first-order valence-electron chi connectivity index (χ1n) is 8.14. The average molecular weight is 436 g/mol. The summed E-state index contributed by atoms with van der Waals surface area (Å²) in [6.07, 6.45) is -0.0299. The number of amides is 3. The second kappa shape index (κ2) is 9.27. The van der Waals surface area contributed by atoms with Gasteiger partial charge in [-0.25, -0.2) is 4.39 Å². The summed E-state index contributed by atoms with van der Waals surface area (Å²) in [6.45, 7) is 0.0900. The minimum atomic E-state index is -1.09. The Morgan fingerprint density at radius 2 is 1.85 bits per heavy atom. The Morgan fingerprint density at radius 3 is 2.44 bits per heavy atom. The number of benzene rings is 2. The highest BCUT2D eigenvalue weighted by Crippen LogP contribution is 2.20. The maximum absolute atomic E-state index is 13.4. The molecule has 0 fully saturated rings. The lowest BCUT2D eigenvalue weighted by atomic mass is 10.0. The molecular formula is C19H19BrFN3O3. The summed E-state index contributed by atoms with van der Waals surface area (Å²) in [4.78, 5) is 37.4. The Hall–Kier alpha value is -2.74. The third-order valence-corrected chi connectivity index (χ3v) is 4.47.